The Morgan fingerprint density at radius 3 is 2.48 bits per heavy atom. The van der Waals surface area contributed by atoms with Gasteiger partial charge in [0.1, 0.15) is 5.75 Å². The first-order valence-electron chi connectivity index (χ1n) is 7.07. The Labute approximate surface area is 125 Å². The lowest BCUT2D eigenvalue weighted by atomic mass is 10.1. The van der Waals surface area contributed by atoms with E-state index in [1.807, 2.05) is 32.0 Å². The summed E-state index contributed by atoms with van der Waals surface area (Å²) in [5, 5.41) is 11.4. The van der Waals surface area contributed by atoms with Crippen LogP contribution in [0, 0.1) is 19.8 Å². The number of aryl methyl sites for hydroxylation is 2. The second kappa shape index (κ2) is 8.29. The highest BCUT2D eigenvalue weighted by atomic mass is 16.5. The summed E-state index contributed by atoms with van der Waals surface area (Å²) in [6.45, 7) is 6.41. The Bertz CT molecular complexity index is 479. The number of carboxylic acid groups (broad SMARTS) is 1. The highest BCUT2D eigenvalue weighted by Crippen LogP contribution is 2.22. The summed E-state index contributed by atoms with van der Waals surface area (Å²) in [7, 11) is 0. The third-order valence-corrected chi connectivity index (χ3v) is 3.16. The third-order valence-electron chi connectivity index (χ3n) is 3.16. The predicted molar refractivity (Wildman–Crippen MR) is 80.5 cm³/mol. The van der Waals surface area contributed by atoms with Crippen LogP contribution < -0.4 is 10.1 Å². The Hall–Kier alpha value is -2.04. The summed E-state index contributed by atoms with van der Waals surface area (Å²) >= 11 is 0. The van der Waals surface area contributed by atoms with Crippen LogP contribution in [0.2, 0.25) is 0 Å². The van der Waals surface area contributed by atoms with Gasteiger partial charge in [0.25, 0.3) is 0 Å². The van der Waals surface area contributed by atoms with Crippen molar-refractivity contribution in [2.45, 2.75) is 33.6 Å². The minimum Gasteiger partial charge on any atom is -0.493 e. The van der Waals surface area contributed by atoms with Gasteiger partial charge < -0.3 is 15.2 Å². The van der Waals surface area contributed by atoms with E-state index in [1.165, 1.54) is 0 Å². The molecule has 2 N–H and O–H groups in total. The molecule has 0 aliphatic carbocycles. The van der Waals surface area contributed by atoms with Crippen molar-refractivity contribution in [1.29, 1.82) is 0 Å². The van der Waals surface area contributed by atoms with E-state index >= 15 is 0 Å². The van der Waals surface area contributed by atoms with Crippen LogP contribution in [-0.4, -0.2) is 30.1 Å². The van der Waals surface area contributed by atoms with Gasteiger partial charge in [0.2, 0.25) is 5.91 Å². The van der Waals surface area contributed by atoms with Crippen LogP contribution in [0.4, 0.5) is 0 Å². The molecule has 1 aromatic carbocycles. The number of benzene rings is 1. The van der Waals surface area contributed by atoms with Crippen LogP contribution >= 0.6 is 0 Å². The summed E-state index contributed by atoms with van der Waals surface area (Å²) in [5.74, 6) is -0.232. The van der Waals surface area contributed by atoms with Gasteiger partial charge in [-0.25, -0.2) is 0 Å². The Kier molecular flexibility index (Phi) is 6.72. The lowest BCUT2D eigenvalue weighted by Crippen LogP contribution is -2.30. The van der Waals surface area contributed by atoms with Crippen LogP contribution in [-0.2, 0) is 9.59 Å². The largest absolute Gasteiger partial charge is 0.493 e. The van der Waals surface area contributed by atoms with Gasteiger partial charge in [-0.2, -0.15) is 0 Å². The molecular weight excluding hydrogens is 270 g/mol. The summed E-state index contributed by atoms with van der Waals surface area (Å²) in [6.07, 6.45) is 0.312. The molecule has 0 saturated heterocycles. The zero-order valence-electron chi connectivity index (χ0n) is 12.8. The minimum absolute atomic E-state index is 0.0547. The first-order chi connectivity index (χ1) is 9.90. The maximum atomic E-state index is 11.7. The minimum atomic E-state index is -0.852. The number of carbonyl (C=O) groups excluding carboxylic acids is 1. The molecule has 1 atom stereocenters. The van der Waals surface area contributed by atoms with E-state index in [-0.39, 0.29) is 24.7 Å². The molecule has 0 aromatic heterocycles. The van der Waals surface area contributed by atoms with Crippen molar-refractivity contribution in [1.82, 2.24) is 5.32 Å². The van der Waals surface area contributed by atoms with Crippen molar-refractivity contribution >= 4 is 11.9 Å². The number of ether oxygens (including phenoxy) is 1. The quantitative estimate of drug-likeness (QED) is 0.771. The van der Waals surface area contributed by atoms with Crippen LogP contribution in [0.3, 0.4) is 0 Å². The van der Waals surface area contributed by atoms with Crippen LogP contribution in [0.5, 0.6) is 5.75 Å². The first kappa shape index (κ1) is 17.0. The third kappa shape index (κ3) is 6.29. The number of carbonyl (C=O) groups is 2. The summed E-state index contributed by atoms with van der Waals surface area (Å²) in [4.78, 5) is 22.2. The molecule has 5 heteroatoms. The van der Waals surface area contributed by atoms with Gasteiger partial charge in [0.15, 0.2) is 0 Å². The Morgan fingerprint density at radius 1 is 1.29 bits per heavy atom. The van der Waals surface area contributed by atoms with Crippen molar-refractivity contribution in [2.24, 2.45) is 5.92 Å². The van der Waals surface area contributed by atoms with Gasteiger partial charge in [0, 0.05) is 13.0 Å². The predicted octanol–water partition coefficient (Wildman–Crippen LogP) is 2.30. The van der Waals surface area contributed by atoms with Crippen molar-refractivity contribution < 1.29 is 19.4 Å². The standard InChI is InChI=1S/C16H23NO4/c1-11(9-15(19)20)10-17-14(18)7-8-21-16-12(2)5-4-6-13(16)3/h4-6,11H,7-10H2,1-3H3,(H,17,18)(H,19,20). The van der Waals surface area contributed by atoms with Crippen molar-refractivity contribution in [3.05, 3.63) is 29.3 Å². The van der Waals surface area contributed by atoms with Crippen molar-refractivity contribution in [2.75, 3.05) is 13.2 Å². The van der Waals surface area contributed by atoms with E-state index in [9.17, 15) is 9.59 Å². The summed E-state index contributed by atoms with van der Waals surface area (Å²) < 4.78 is 5.65. The van der Waals surface area contributed by atoms with Gasteiger partial charge in [-0.05, 0) is 30.9 Å². The lowest BCUT2D eigenvalue weighted by Gasteiger charge is -2.13. The molecule has 5 nitrogen and oxygen atoms in total. The SMILES string of the molecule is Cc1cccc(C)c1OCCC(=O)NCC(C)CC(=O)O. The van der Waals surface area contributed by atoms with E-state index in [1.54, 1.807) is 6.92 Å². The molecule has 1 aromatic rings. The van der Waals surface area contributed by atoms with Crippen LogP contribution in [0.25, 0.3) is 0 Å². The smallest absolute Gasteiger partial charge is 0.303 e. The maximum Gasteiger partial charge on any atom is 0.303 e. The first-order valence-corrected chi connectivity index (χ1v) is 7.07. The van der Waals surface area contributed by atoms with Crippen molar-refractivity contribution in [3.8, 4) is 5.75 Å². The number of rotatable bonds is 8. The molecule has 1 amide bonds. The number of hydrogen-bond acceptors (Lipinski definition) is 3. The fraction of sp³-hybridized carbons (Fsp3) is 0.500. The Morgan fingerprint density at radius 2 is 1.90 bits per heavy atom. The van der Waals surface area contributed by atoms with E-state index in [0.717, 1.165) is 16.9 Å². The molecular formula is C16H23NO4. The lowest BCUT2D eigenvalue weighted by molar-refractivity contribution is -0.138. The van der Waals surface area contributed by atoms with Gasteiger partial charge in [0.05, 0.1) is 13.0 Å². The fourth-order valence-electron chi connectivity index (χ4n) is 2.02. The molecule has 0 aliphatic heterocycles. The fourth-order valence-corrected chi connectivity index (χ4v) is 2.02. The van der Waals surface area contributed by atoms with Gasteiger partial charge >= 0.3 is 5.97 Å². The molecule has 0 spiro atoms. The highest BCUT2D eigenvalue weighted by Gasteiger charge is 2.10. The molecule has 0 bridgehead atoms. The second-order valence-corrected chi connectivity index (χ2v) is 5.33. The molecule has 0 fully saturated rings. The molecule has 116 valence electrons. The Balaban J connectivity index is 2.29. The molecule has 0 heterocycles. The second-order valence-electron chi connectivity index (χ2n) is 5.33. The van der Waals surface area contributed by atoms with Crippen LogP contribution in [0.1, 0.15) is 30.9 Å². The average Bonchev–Trinajstić information content (AvgIpc) is 2.39. The van der Waals surface area contributed by atoms with Crippen molar-refractivity contribution in [3.63, 3.8) is 0 Å². The van der Waals surface area contributed by atoms with Gasteiger partial charge in [-0.15, -0.1) is 0 Å². The highest BCUT2D eigenvalue weighted by molar-refractivity contribution is 5.76. The number of hydrogen-bond donors (Lipinski definition) is 2. The molecule has 21 heavy (non-hydrogen) atoms. The molecule has 0 radical (unpaired) electrons. The van der Waals surface area contributed by atoms with Gasteiger partial charge in [-0.3, -0.25) is 9.59 Å². The number of para-hydroxylation sites is 1. The molecule has 0 aliphatic rings. The molecule has 0 saturated carbocycles. The van der Waals surface area contributed by atoms with E-state index < -0.39 is 5.97 Å². The molecule has 1 rings (SSSR count). The number of nitrogens with one attached hydrogen (secondary N) is 1. The van der Waals surface area contributed by atoms with Crippen LogP contribution in [0.15, 0.2) is 18.2 Å². The number of aliphatic carboxylic acids is 1. The molecule has 1 unspecified atom stereocenters. The monoisotopic (exact) mass is 293 g/mol. The topological polar surface area (TPSA) is 75.6 Å². The zero-order chi connectivity index (χ0) is 15.8. The summed E-state index contributed by atoms with van der Waals surface area (Å²) in [6, 6.07) is 5.90. The van der Waals surface area contributed by atoms with Gasteiger partial charge in [-0.1, -0.05) is 25.1 Å². The van der Waals surface area contributed by atoms with E-state index in [0.29, 0.717) is 13.2 Å². The average molecular weight is 293 g/mol. The maximum absolute atomic E-state index is 11.7. The summed E-state index contributed by atoms with van der Waals surface area (Å²) in [5.41, 5.74) is 2.09. The zero-order valence-corrected chi connectivity index (χ0v) is 12.8. The normalized spacial score (nSPS) is 11.8. The van der Waals surface area contributed by atoms with E-state index in [4.69, 9.17) is 9.84 Å². The number of carboxylic acids is 1. The van der Waals surface area contributed by atoms with E-state index in [2.05, 4.69) is 5.32 Å². The number of amides is 1.